The van der Waals surface area contributed by atoms with Crippen molar-refractivity contribution in [2.75, 3.05) is 100 Å². The van der Waals surface area contributed by atoms with Crippen molar-refractivity contribution in [2.24, 2.45) is 0 Å². The summed E-state index contributed by atoms with van der Waals surface area (Å²) >= 11 is 0. The molecule has 6 heterocycles. The Balaban J connectivity index is 0.000000212. The van der Waals surface area contributed by atoms with Crippen LogP contribution in [0.2, 0.25) is 0 Å². The standard InChI is InChI=1S/C27H38N6O5S.C18H23NO3.C9H15N5O3S/c1-20-6-7-21(18-23(20)22-8-11-32(12-9-22)26(35)38-27(2,3)4)19-30-14-16-31(17-15-30)25(34)33-13-10-24(28-33)29-39(5,36)37;1-13-5-6-14(12-20)11-16(13)15-7-9-19(10-8-15)17(21)22-18(2,3)4;1-18(16,17)12-8-2-5-14(11-8)9(15)13-6-3-10-4-7-13/h6-8,10,13,18H,9,11-12,14-17,19H2,1-5H3,(H,28,29);5-7,11-12H,8-10H2,1-4H3;2,5,10H,3-4,6-7H2,1H3,(H,11,12). The summed E-state index contributed by atoms with van der Waals surface area (Å²) in [6.07, 6.45) is 11.0. The fourth-order valence-electron chi connectivity index (χ4n) is 8.84. The van der Waals surface area contributed by atoms with E-state index in [1.165, 1.54) is 52.4 Å². The van der Waals surface area contributed by atoms with Crippen LogP contribution in [-0.4, -0.2) is 194 Å². The zero-order valence-electron chi connectivity index (χ0n) is 46.9. The summed E-state index contributed by atoms with van der Waals surface area (Å²) in [5.41, 5.74) is 7.97. The Morgan fingerprint density at radius 3 is 1.47 bits per heavy atom. The zero-order valence-corrected chi connectivity index (χ0v) is 48.6. The number of sulfonamides is 2. The summed E-state index contributed by atoms with van der Waals surface area (Å²) in [7, 11) is -6.83. The van der Waals surface area contributed by atoms with Crippen LogP contribution in [0.4, 0.5) is 30.8 Å². The van der Waals surface area contributed by atoms with E-state index in [2.05, 4.69) is 61.1 Å². The van der Waals surface area contributed by atoms with Crippen molar-refractivity contribution in [1.29, 1.82) is 0 Å². The van der Waals surface area contributed by atoms with Crippen molar-refractivity contribution in [3.63, 3.8) is 0 Å². The second kappa shape index (κ2) is 26.2. The number of aldehydes is 1. The molecule has 0 aliphatic carbocycles. The molecule has 430 valence electrons. The van der Waals surface area contributed by atoms with Crippen LogP contribution in [0.1, 0.15) is 92.6 Å². The highest BCUT2D eigenvalue weighted by atomic mass is 32.2. The quantitative estimate of drug-likeness (QED) is 0.155. The minimum atomic E-state index is -3.46. The molecule has 0 atom stereocenters. The van der Waals surface area contributed by atoms with Crippen LogP contribution in [-0.2, 0) is 36.1 Å². The summed E-state index contributed by atoms with van der Waals surface area (Å²) in [5, 5.41) is 11.1. The van der Waals surface area contributed by atoms with Gasteiger partial charge in [-0.05, 0) is 119 Å². The first-order chi connectivity index (χ1) is 37.0. The molecule has 8 rings (SSSR count). The maximum absolute atomic E-state index is 12.8. The van der Waals surface area contributed by atoms with Gasteiger partial charge in [0, 0.05) is 115 Å². The molecule has 25 heteroatoms. The molecule has 4 amide bonds. The van der Waals surface area contributed by atoms with Gasteiger partial charge in [-0.25, -0.2) is 36.0 Å². The second-order valence-electron chi connectivity index (χ2n) is 21.8. The van der Waals surface area contributed by atoms with Crippen LogP contribution in [0, 0.1) is 13.8 Å². The Labute approximate surface area is 464 Å². The molecule has 0 unspecified atom stereocenters. The molecule has 2 fully saturated rings. The first-order valence-electron chi connectivity index (χ1n) is 26.1. The highest BCUT2D eigenvalue weighted by molar-refractivity contribution is 7.92. The Hall–Kier alpha value is -7.09. The summed E-state index contributed by atoms with van der Waals surface area (Å²) in [4.78, 5) is 69.4. The molecule has 23 nitrogen and oxygen atoms in total. The number of carbonyl (C=O) groups excluding carboxylic acids is 5. The van der Waals surface area contributed by atoms with Gasteiger partial charge in [-0.15, -0.1) is 10.2 Å². The van der Waals surface area contributed by atoms with Crippen molar-refractivity contribution in [1.82, 2.24) is 49.4 Å². The number of nitrogens with zero attached hydrogens (tertiary/aromatic N) is 9. The molecule has 4 aromatic rings. The van der Waals surface area contributed by atoms with Crippen LogP contribution < -0.4 is 14.8 Å². The van der Waals surface area contributed by atoms with Gasteiger partial charge in [-0.1, -0.05) is 36.4 Å². The minimum Gasteiger partial charge on any atom is -0.444 e. The largest absolute Gasteiger partial charge is 0.444 e. The summed E-state index contributed by atoms with van der Waals surface area (Å²) < 4.78 is 62.5. The Morgan fingerprint density at radius 1 is 0.608 bits per heavy atom. The van der Waals surface area contributed by atoms with Crippen LogP contribution in [0.3, 0.4) is 0 Å². The molecule has 2 aromatic heterocycles. The average molecular weight is 1130 g/mol. The fraction of sp³-hybridized carbons (Fsp3) is 0.500. The molecule has 0 radical (unpaired) electrons. The lowest BCUT2D eigenvalue weighted by molar-refractivity contribution is 0.0260. The fourth-order valence-corrected chi connectivity index (χ4v) is 9.81. The predicted molar refractivity (Wildman–Crippen MR) is 303 cm³/mol. The van der Waals surface area contributed by atoms with Gasteiger partial charge in [0.2, 0.25) is 20.0 Å². The van der Waals surface area contributed by atoms with Gasteiger partial charge >= 0.3 is 24.2 Å². The van der Waals surface area contributed by atoms with Crippen LogP contribution in [0.25, 0.3) is 11.1 Å². The summed E-state index contributed by atoms with van der Waals surface area (Å²) in [6.45, 7) is 23.8. The molecule has 2 saturated heterocycles. The third kappa shape index (κ3) is 19.1. The van der Waals surface area contributed by atoms with E-state index in [4.69, 9.17) is 9.47 Å². The van der Waals surface area contributed by atoms with E-state index in [-0.39, 0.29) is 35.9 Å². The number of aromatic nitrogens is 4. The van der Waals surface area contributed by atoms with E-state index in [0.29, 0.717) is 57.9 Å². The number of rotatable bonds is 9. The van der Waals surface area contributed by atoms with Gasteiger partial charge in [0.25, 0.3) is 0 Å². The molecule has 4 aliphatic heterocycles. The van der Waals surface area contributed by atoms with Crippen LogP contribution >= 0.6 is 0 Å². The van der Waals surface area contributed by atoms with E-state index in [1.54, 1.807) is 19.6 Å². The van der Waals surface area contributed by atoms with Gasteiger partial charge < -0.3 is 34.4 Å². The summed E-state index contributed by atoms with van der Waals surface area (Å²) in [6, 6.07) is 14.6. The molecular weight excluding hydrogens is 1060 g/mol. The minimum absolute atomic E-state index is 0.116. The van der Waals surface area contributed by atoms with Crippen molar-refractivity contribution in [3.05, 3.63) is 106 Å². The maximum atomic E-state index is 12.8. The monoisotopic (exact) mass is 1130 g/mol. The molecule has 2 aromatic carbocycles. The van der Waals surface area contributed by atoms with Gasteiger partial charge in [-0.2, -0.15) is 9.36 Å². The van der Waals surface area contributed by atoms with Crippen molar-refractivity contribution in [2.45, 2.75) is 86.0 Å². The van der Waals surface area contributed by atoms with Gasteiger partial charge in [0.1, 0.15) is 17.5 Å². The molecule has 3 N–H and O–H groups in total. The van der Waals surface area contributed by atoms with Crippen molar-refractivity contribution in [3.8, 4) is 0 Å². The lowest BCUT2D eigenvalue weighted by Gasteiger charge is -2.34. The third-order valence-corrected chi connectivity index (χ3v) is 13.9. The number of ether oxygens (including phenoxy) is 2. The highest BCUT2D eigenvalue weighted by Gasteiger charge is 2.28. The molecule has 0 spiro atoms. The van der Waals surface area contributed by atoms with Crippen molar-refractivity contribution < 1.29 is 50.3 Å². The highest BCUT2D eigenvalue weighted by Crippen LogP contribution is 2.29. The number of carbonyl (C=O) groups is 5. The second-order valence-corrected chi connectivity index (χ2v) is 25.3. The predicted octanol–water partition coefficient (Wildman–Crippen LogP) is 6.33. The zero-order chi connectivity index (χ0) is 57.9. The van der Waals surface area contributed by atoms with Gasteiger partial charge in [0.15, 0.2) is 11.6 Å². The van der Waals surface area contributed by atoms with E-state index in [0.717, 1.165) is 84.9 Å². The SMILES string of the molecule is CS(=O)(=O)Nc1ccn(C(=O)N2CCNCC2)n1.Cc1ccc(C=O)cc1C1=CCN(C(=O)OC(C)(C)C)CC1.Cc1ccc(CN2CCN(C(=O)n3ccc(NS(C)(=O)=O)n3)CC2)cc1C1=CCN(C(=O)OC(C)(C)C)CC1. The van der Waals surface area contributed by atoms with Crippen LogP contribution in [0.15, 0.2) is 73.1 Å². The van der Waals surface area contributed by atoms with E-state index in [1.807, 2.05) is 72.7 Å². The van der Waals surface area contributed by atoms with Gasteiger partial charge in [-0.3, -0.25) is 19.1 Å². The molecule has 79 heavy (non-hydrogen) atoms. The molecule has 0 bridgehead atoms. The number of aryl methyl sites for hydroxylation is 2. The van der Waals surface area contributed by atoms with Crippen molar-refractivity contribution >= 4 is 73.4 Å². The number of hydrogen-bond donors (Lipinski definition) is 3. The van der Waals surface area contributed by atoms with E-state index < -0.39 is 31.2 Å². The number of nitrogens with one attached hydrogen (secondary N) is 3. The van der Waals surface area contributed by atoms with E-state index >= 15 is 0 Å². The van der Waals surface area contributed by atoms with E-state index in [9.17, 15) is 40.8 Å². The normalized spacial score (nSPS) is 16.5. The topological polar surface area (TPSA) is 260 Å². The van der Waals surface area contributed by atoms with Gasteiger partial charge in [0.05, 0.1) is 12.5 Å². The Kier molecular flexibility index (Phi) is 20.3. The number of amides is 4. The number of piperazine rings is 2. The summed E-state index contributed by atoms with van der Waals surface area (Å²) in [5.74, 6) is 0.256. The lowest BCUT2D eigenvalue weighted by atomic mass is 9.93. The molecule has 0 saturated carbocycles. The maximum Gasteiger partial charge on any atom is 0.410 e. The molecule has 4 aliphatic rings. The Morgan fingerprint density at radius 2 is 1.05 bits per heavy atom. The average Bonchev–Trinajstić information content (AvgIpc) is 4.08. The molecular formula is C54H76N12O11S2. The Bertz CT molecular complexity index is 3120. The lowest BCUT2D eigenvalue weighted by Crippen LogP contribution is -2.49. The van der Waals surface area contributed by atoms with Crippen LogP contribution in [0.5, 0.6) is 0 Å². The third-order valence-electron chi connectivity index (χ3n) is 12.7. The first-order valence-corrected chi connectivity index (χ1v) is 29.9. The number of benzene rings is 2. The number of hydrogen-bond acceptors (Lipinski definition) is 15. The number of anilines is 2. The smallest absolute Gasteiger partial charge is 0.410 e. The first kappa shape index (κ1) is 61.1.